The Kier molecular flexibility index (Phi) is 4.36. The summed E-state index contributed by atoms with van der Waals surface area (Å²) in [5, 5.41) is 8.81. The Labute approximate surface area is 122 Å². The molecule has 0 saturated carbocycles. The molecule has 0 fully saturated rings. The van der Waals surface area contributed by atoms with Gasteiger partial charge in [0.25, 0.3) is 0 Å². The van der Waals surface area contributed by atoms with E-state index in [1.165, 1.54) is 42.5 Å². The molecule has 0 heterocycles. The molecule has 0 spiro atoms. The number of nitrogens with zero attached hydrogens (tertiary/aromatic N) is 1. The molecule has 0 aliphatic heterocycles. The van der Waals surface area contributed by atoms with Gasteiger partial charge in [-0.25, -0.2) is 17.5 Å². The fraction of sp³-hybridized carbons (Fsp3) is 0.133. The van der Waals surface area contributed by atoms with E-state index in [4.69, 9.17) is 5.26 Å². The summed E-state index contributed by atoms with van der Waals surface area (Å²) in [6.07, 6.45) is 0. The van der Waals surface area contributed by atoms with Gasteiger partial charge in [-0.15, -0.1) is 0 Å². The van der Waals surface area contributed by atoms with Crippen LogP contribution >= 0.6 is 0 Å². The van der Waals surface area contributed by atoms with Crippen LogP contribution in [-0.4, -0.2) is 8.42 Å². The zero-order chi connectivity index (χ0) is 15.5. The van der Waals surface area contributed by atoms with Crippen molar-refractivity contribution in [1.29, 1.82) is 5.26 Å². The predicted molar refractivity (Wildman–Crippen MR) is 76.3 cm³/mol. The predicted octanol–water partition coefficient (Wildman–Crippen LogP) is 2.74. The van der Waals surface area contributed by atoms with Crippen molar-refractivity contribution in [1.82, 2.24) is 4.72 Å². The Bertz CT molecular complexity index is 797. The molecule has 0 radical (unpaired) electrons. The lowest BCUT2D eigenvalue weighted by Crippen LogP contribution is -2.27. The van der Waals surface area contributed by atoms with E-state index in [2.05, 4.69) is 4.72 Å². The van der Waals surface area contributed by atoms with Gasteiger partial charge in [-0.05, 0) is 31.2 Å². The SMILES string of the molecule is CC(NS(=O)(=O)c1cccc(C#N)c1)c1ccccc1F. The number of benzene rings is 2. The largest absolute Gasteiger partial charge is 0.241 e. The molecule has 0 aliphatic carbocycles. The molecule has 2 aromatic carbocycles. The third-order valence-electron chi connectivity index (χ3n) is 2.98. The minimum absolute atomic E-state index is 0.0234. The highest BCUT2D eigenvalue weighted by atomic mass is 32.2. The Morgan fingerprint density at radius 1 is 1.19 bits per heavy atom. The quantitative estimate of drug-likeness (QED) is 0.944. The standard InChI is InChI=1S/C15H13FN2O2S/c1-11(14-7-2-3-8-15(14)16)18-21(19,20)13-6-4-5-12(9-13)10-17/h2-9,11,18H,1H3. The first-order valence-electron chi connectivity index (χ1n) is 6.21. The van der Waals surface area contributed by atoms with Gasteiger partial charge in [-0.1, -0.05) is 24.3 Å². The minimum Gasteiger partial charge on any atom is -0.207 e. The molecule has 2 aromatic rings. The van der Waals surface area contributed by atoms with E-state index in [1.54, 1.807) is 13.0 Å². The maximum Gasteiger partial charge on any atom is 0.241 e. The summed E-state index contributed by atoms with van der Waals surface area (Å²) in [4.78, 5) is -0.0234. The van der Waals surface area contributed by atoms with Gasteiger partial charge in [0.1, 0.15) is 5.82 Å². The van der Waals surface area contributed by atoms with Crippen LogP contribution in [-0.2, 0) is 10.0 Å². The van der Waals surface area contributed by atoms with Crippen LogP contribution in [0.15, 0.2) is 53.4 Å². The van der Waals surface area contributed by atoms with E-state index in [0.29, 0.717) is 0 Å². The average Bonchev–Trinajstić information content (AvgIpc) is 2.47. The van der Waals surface area contributed by atoms with Gasteiger partial charge in [-0.2, -0.15) is 5.26 Å². The summed E-state index contributed by atoms with van der Waals surface area (Å²) in [6.45, 7) is 1.56. The van der Waals surface area contributed by atoms with Crippen molar-refractivity contribution in [2.75, 3.05) is 0 Å². The van der Waals surface area contributed by atoms with Crippen LogP contribution in [0.3, 0.4) is 0 Å². The second-order valence-electron chi connectivity index (χ2n) is 4.50. The van der Waals surface area contributed by atoms with Crippen LogP contribution in [0, 0.1) is 17.1 Å². The molecular formula is C15H13FN2O2S. The maximum absolute atomic E-state index is 13.7. The van der Waals surface area contributed by atoms with Crippen LogP contribution in [0.2, 0.25) is 0 Å². The molecule has 1 atom stereocenters. The number of halogens is 1. The summed E-state index contributed by atoms with van der Waals surface area (Å²) < 4.78 is 40.6. The molecule has 0 saturated heterocycles. The Hall–Kier alpha value is -2.23. The van der Waals surface area contributed by atoms with Crippen LogP contribution in [0.5, 0.6) is 0 Å². The summed E-state index contributed by atoms with van der Waals surface area (Å²) >= 11 is 0. The Morgan fingerprint density at radius 3 is 2.57 bits per heavy atom. The maximum atomic E-state index is 13.7. The normalized spacial score (nSPS) is 12.6. The molecule has 108 valence electrons. The first-order chi connectivity index (χ1) is 9.94. The Morgan fingerprint density at radius 2 is 1.90 bits per heavy atom. The van der Waals surface area contributed by atoms with Crippen molar-refractivity contribution in [3.8, 4) is 6.07 Å². The lowest BCUT2D eigenvalue weighted by molar-refractivity contribution is 0.550. The molecule has 1 N–H and O–H groups in total. The average molecular weight is 304 g/mol. The second-order valence-corrected chi connectivity index (χ2v) is 6.22. The van der Waals surface area contributed by atoms with Crippen LogP contribution in [0.25, 0.3) is 0 Å². The Balaban J connectivity index is 2.29. The lowest BCUT2D eigenvalue weighted by Gasteiger charge is -2.15. The summed E-state index contributed by atoms with van der Waals surface area (Å²) in [5.41, 5.74) is 0.508. The molecular weight excluding hydrogens is 291 g/mol. The van der Waals surface area contributed by atoms with Crippen molar-refractivity contribution >= 4 is 10.0 Å². The highest BCUT2D eigenvalue weighted by molar-refractivity contribution is 7.89. The zero-order valence-corrected chi connectivity index (χ0v) is 12.1. The van der Waals surface area contributed by atoms with Crippen molar-refractivity contribution in [3.63, 3.8) is 0 Å². The molecule has 4 nitrogen and oxygen atoms in total. The van der Waals surface area contributed by atoms with Gasteiger partial charge in [-0.3, -0.25) is 0 Å². The molecule has 0 aromatic heterocycles. The second kappa shape index (κ2) is 6.04. The molecule has 0 amide bonds. The molecule has 2 rings (SSSR count). The third kappa shape index (κ3) is 3.45. The fourth-order valence-corrected chi connectivity index (χ4v) is 3.19. The van der Waals surface area contributed by atoms with Crippen molar-refractivity contribution < 1.29 is 12.8 Å². The summed E-state index contributed by atoms with van der Waals surface area (Å²) in [5.74, 6) is -0.474. The van der Waals surface area contributed by atoms with Crippen LogP contribution in [0.4, 0.5) is 4.39 Å². The highest BCUT2D eigenvalue weighted by Crippen LogP contribution is 2.19. The van der Waals surface area contributed by atoms with Crippen LogP contribution in [0.1, 0.15) is 24.1 Å². The highest BCUT2D eigenvalue weighted by Gasteiger charge is 2.20. The van der Waals surface area contributed by atoms with Crippen LogP contribution < -0.4 is 4.72 Å². The van der Waals surface area contributed by atoms with Crippen molar-refractivity contribution in [2.45, 2.75) is 17.9 Å². The van der Waals surface area contributed by atoms with Gasteiger partial charge in [0.05, 0.1) is 16.5 Å². The van der Waals surface area contributed by atoms with E-state index in [0.717, 1.165) is 0 Å². The monoisotopic (exact) mass is 304 g/mol. The number of hydrogen-bond acceptors (Lipinski definition) is 3. The molecule has 1 unspecified atom stereocenters. The van der Waals surface area contributed by atoms with E-state index >= 15 is 0 Å². The topological polar surface area (TPSA) is 70.0 Å². The number of nitrogens with one attached hydrogen (secondary N) is 1. The van der Waals surface area contributed by atoms with Crippen molar-refractivity contribution in [3.05, 3.63) is 65.5 Å². The van der Waals surface area contributed by atoms with Gasteiger partial charge in [0.15, 0.2) is 0 Å². The summed E-state index contributed by atoms with van der Waals surface area (Å²) in [7, 11) is -3.82. The van der Waals surface area contributed by atoms with Gasteiger partial charge < -0.3 is 0 Å². The molecule has 0 bridgehead atoms. The first kappa shape index (κ1) is 15.2. The van der Waals surface area contributed by atoms with E-state index in [9.17, 15) is 12.8 Å². The number of nitriles is 1. The molecule has 6 heteroatoms. The summed E-state index contributed by atoms with van der Waals surface area (Å²) in [6, 6.07) is 12.8. The van der Waals surface area contributed by atoms with E-state index in [1.807, 2.05) is 6.07 Å². The minimum atomic E-state index is -3.82. The van der Waals surface area contributed by atoms with E-state index in [-0.39, 0.29) is 16.0 Å². The zero-order valence-electron chi connectivity index (χ0n) is 11.2. The first-order valence-corrected chi connectivity index (χ1v) is 7.69. The smallest absolute Gasteiger partial charge is 0.207 e. The van der Waals surface area contributed by atoms with Crippen molar-refractivity contribution in [2.24, 2.45) is 0 Å². The lowest BCUT2D eigenvalue weighted by atomic mass is 10.1. The van der Waals surface area contributed by atoms with Gasteiger partial charge >= 0.3 is 0 Å². The third-order valence-corrected chi connectivity index (χ3v) is 4.52. The van der Waals surface area contributed by atoms with E-state index < -0.39 is 21.9 Å². The molecule has 21 heavy (non-hydrogen) atoms. The fourth-order valence-electron chi connectivity index (χ4n) is 1.92. The van der Waals surface area contributed by atoms with Gasteiger partial charge in [0, 0.05) is 11.6 Å². The number of hydrogen-bond donors (Lipinski definition) is 1. The number of rotatable bonds is 4. The molecule has 0 aliphatic rings. The van der Waals surface area contributed by atoms with Gasteiger partial charge in [0.2, 0.25) is 10.0 Å². The number of sulfonamides is 1.